The van der Waals surface area contributed by atoms with Crippen LogP contribution >= 0.6 is 0 Å². The smallest absolute Gasteiger partial charge is 0.410 e. The summed E-state index contributed by atoms with van der Waals surface area (Å²) in [4.78, 5) is 13.7. The molecule has 0 saturated carbocycles. The number of carbonyl (C=O) groups is 1. The van der Waals surface area contributed by atoms with Gasteiger partial charge in [0.2, 0.25) is 0 Å². The third-order valence-corrected chi connectivity index (χ3v) is 3.06. The van der Waals surface area contributed by atoms with E-state index in [1.54, 1.807) is 12.0 Å². The lowest BCUT2D eigenvalue weighted by Crippen LogP contribution is -2.56. The highest BCUT2D eigenvalue weighted by atomic mass is 16.6. The second kappa shape index (κ2) is 5.89. The van der Waals surface area contributed by atoms with Crippen molar-refractivity contribution in [2.75, 3.05) is 26.8 Å². The summed E-state index contributed by atoms with van der Waals surface area (Å²) >= 11 is 0. The normalized spacial score (nSPS) is 25.1. The highest BCUT2D eigenvalue weighted by Crippen LogP contribution is 2.23. The van der Waals surface area contributed by atoms with Crippen LogP contribution in [0.25, 0.3) is 0 Å². The minimum Gasteiger partial charge on any atom is -0.444 e. The fraction of sp³-hybridized carbons (Fsp3) is 0.923. The third-order valence-electron chi connectivity index (χ3n) is 3.06. The van der Waals surface area contributed by atoms with E-state index in [-0.39, 0.29) is 11.6 Å². The van der Waals surface area contributed by atoms with Crippen LogP contribution in [0, 0.1) is 0 Å². The maximum absolute atomic E-state index is 12.0. The fourth-order valence-corrected chi connectivity index (χ4v) is 2.15. The molecule has 1 heterocycles. The summed E-state index contributed by atoms with van der Waals surface area (Å²) in [6.45, 7) is 7.51. The molecule has 0 aromatic carbocycles. The molecule has 1 aliphatic heterocycles. The highest BCUT2D eigenvalue weighted by molar-refractivity contribution is 5.68. The molecule has 0 aromatic rings. The van der Waals surface area contributed by atoms with Crippen LogP contribution in [0.1, 0.15) is 40.0 Å². The highest BCUT2D eigenvalue weighted by Gasteiger charge is 2.35. The first-order chi connectivity index (χ1) is 8.26. The lowest BCUT2D eigenvalue weighted by atomic mass is 9.87. The number of hydrogen-bond donors (Lipinski definition) is 1. The quantitative estimate of drug-likeness (QED) is 0.837. The molecule has 106 valence electrons. The monoisotopic (exact) mass is 258 g/mol. The zero-order valence-electron chi connectivity index (χ0n) is 12.0. The maximum atomic E-state index is 12.0. The summed E-state index contributed by atoms with van der Waals surface area (Å²) < 4.78 is 10.4. The number of amides is 1. The summed E-state index contributed by atoms with van der Waals surface area (Å²) in [5.41, 5.74) is 5.51. The SMILES string of the molecule is COCCC1(N)CCCN(C(=O)OC(C)(C)C)C1. The zero-order valence-corrected chi connectivity index (χ0v) is 12.0. The van der Waals surface area contributed by atoms with Gasteiger partial charge in [0.25, 0.3) is 0 Å². The molecule has 0 aromatic heterocycles. The number of nitrogens with two attached hydrogens (primary N) is 1. The Kier molecular flexibility index (Phi) is 4.99. The van der Waals surface area contributed by atoms with Crippen molar-refractivity contribution in [1.29, 1.82) is 0 Å². The Morgan fingerprint density at radius 1 is 1.44 bits per heavy atom. The number of hydrogen-bond acceptors (Lipinski definition) is 4. The molecule has 5 heteroatoms. The zero-order chi connectivity index (χ0) is 13.8. The van der Waals surface area contributed by atoms with E-state index in [1.807, 2.05) is 20.8 Å². The molecule has 0 radical (unpaired) electrons. The van der Waals surface area contributed by atoms with Crippen LogP contribution in [0.3, 0.4) is 0 Å². The van der Waals surface area contributed by atoms with Gasteiger partial charge in [-0.2, -0.15) is 0 Å². The average Bonchev–Trinajstić information content (AvgIpc) is 2.24. The molecule has 0 spiro atoms. The van der Waals surface area contributed by atoms with Crippen molar-refractivity contribution in [3.63, 3.8) is 0 Å². The maximum Gasteiger partial charge on any atom is 0.410 e. The van der Waals surface area contributed by atoms with Crippen molar-refractivity contribution in [3.8, 4) is 0 Å². The van der Waals surface area contributed by atoms with Crippen LogP contribution in [-0.4, -0.2) is 48.9 Å². The van der Waals surface area contributed by atoms with E-state index in [0.717, 1.165) is 25.8 Å². The van der Waals surface area contributed by atoms with Crippen LogP contribution in [0.4, 0.5) is 4.79 Å². The van der Waals surface area contributed by atoms with Gasteiger partial charge in [0, 0.05) is 32.3 Å². The Balaban J connectivity index is 2.55. The molecular weight excluding hydrogens is 232 g/mol. The van der Waals surface area contributed by atoms with Crippen molar-refractivity contribution in [2.24, 2.45) is 5.73 Å². The molecule has 0 bridgehead atoms. The lowest BCUT2D eigenvalue weighted by Gasteiger charge is -2.40. The van der Waals surface area contributed by atoms with E-state index in [9.17, 15) is 4.79 Å². The van der Waals surface area contributed by atoms with Crippen LogP contribution < -0.4 is 5.73 Å². The standard InChI is InChI=1S/C13H26N2O3/c1-12(2,3)18-11(16)15-8-5-6-13(14,10-15)7-9-17-4/h5-10,14H2,1-4H3. The number of ether oxygens (including phenoxy) is 2. The molecule has 2 N–H and O–H groups in total. The largest absolute Gasteiger partial charge is 0.444 e. The number of likely N-dealkylation sites (tertiary alicyclic amines) is 1. The predicted molar refractivity (Wildman–Crippen MR) is 70.5 cm³/mol. The molecule has 1 atom stereocenters. The third kappa shape index (κ3) is 4.82. The Bertz CT molecular complexity index is 288. The van der Waals surface area contributed by atoms with Gasteiger partial charge in [0.1, 0.15) is 5.60 Å². The lowest BCUT2D eigenvalue weighted by molar-refractivity contribution is 0.0114. The van der Waals surface area contributed by atoms with Crippen molar-refractivity contribution in [3.05, 3.63) is 0 Å². The van der Waals surface area contributed by atoms with E-state index >= 15 is 0 Å². The Hall–Kier alpha value is -0.810. The molecule has 1 rings (SSSR count). The summed E-state index contributed by atoms with van der Waals surface area (Å²) in [5, 5.41) is 0. The summed E-state index contributed by atoms with van der Waals surface area (Å²) in [7, 11) is 1.66. The van der Waals surface area contributed by atoms with Gasteiger partial charge in [-0.3, -0.25) is 0 Å². The fourth-order valence-electron chi connectivity index (χ4n) is 2.15. The van der Waals surface area contributed by atoms with E-state index < -0.39 is 5.60 Å². The van der Waals surface area contributed by atoms with Crippen LogP contribution in [-0.2, 0) is 9.47 Å². The molecule has 1 amide bonds. The van der Waals surface area contributed by atoms with E-state index in [1.165, 1.54) is 0 Å². The second-order valence-corrected chi connectivity index (χ2v) is 6.11. The van der Waals surface area contributed by atoms with Crippen LogP contribution in [0.5, 0.6) is 0 Å². The van der Waals surface area contributed by atoms with Gasteiger partial charge < -0.3 is 20.1 Å². The first-order valence-electron chi connectivity index (χ1n) is 6.51. The molecule has 5 nitrogen and oxygen atoms in total. The number of rotatable bonds is 3. The van der Waals surface area contributed by atoms with Gasteiger partial charge in [-0.05, 0) is 40.0 Å². The molecule has 1 aliphatic rings. The van der Waals surface area contributed by atoms with Crippen molar-refractivity contribution >= 4 is 6.09 Å². The number of nitrogens with zero attached hydrogens (tertiary/aromatic N) is 1. The number of methoxy groups -OCH3 is 1. The minimum absolute atomic E-state index is 0.269. The van der Waals surface area contributed by atoms with Crippen LogP contribution in [0.2, 0.25) is 0 Å². The Morgan fingerprint density at radius 3 is 2.67 bits per heavy atom. The summed E-state index contributed by atoms with van der Waals surface area (Å²) in [5.74, 6) is 0. The second-order valence-electron chi connectivity index (χ2n) is 6.11. The summed E-state index contributed by atoms with van der Waals surface area (Å²) in [6, 6.07) is 0. The van der Waals surface area contributed by atoms with E-state index in [4.69, 9.17) is 15.2 Å². The average molecular weight is 258 g/mol. The molecule has 18 heavy (non-hydrogen) atoms. The number of piperidine rings is 1. The van der Waals surface area contributed by atoms with Crippen molar-refractivity contribution in [2.45, 2.75) is 51.2 Å². The van der Waals surface area contributed by atoms with Gasteiger partial charge >= 0.3 is 6.09 Å². The Morgan fingerprint density at radius 2 is 2.11 bits per heavy atom. The van der Waals surface area contributed by atoms with Gasteiger partial charge in [0.15, 0.2) is 0 Å². The van der Waals surface area contributed by atoms with E-state index in [2.05, 4.69) is 0 Å². The molecule has 0 aliphatic carbocycles. The van der Waals surface area contributed by atoms with Gasteiger partial charge in [0.05, 0.1) is 0 Å². The molecular formula is C13H26N2O3. The van der Waals surface area contributed by atoms with E-state index in [0.29, 0.717) is 13.2 Å². The van der Waals surface area contributed by atoms with Crippen molar-refractivity contribution < 1.29 is 14.3 Å². The first kappa shape index (κ1) is 15.2. The van der Waals surface area contributed by atoms with Gasteiger partial charge in [-0.25, -0.2) is 4.79 Å². The number of carbonyl (C=O) groups excluding carboxylic acids is 1. The van der Waals surface area contributed by atoms with Crippen LogP contribution in [0.15, 0.2) is 0 Å². The Labute approximate surface area is 110 Å². The van der Waals surface area contributed by atoms with Crippen molar-refractivity contribution in [1.82, 2.24) is 4.90 Å². The van der Waals surface area contributed by atoms with Gasteiger partial charge in [-0.1, -0.05) is 0 Å². The summed E-state index contributed by atoms with van der Waals surface area (Å²) in [6.07, 6.45) is 2.34. The van der Waals surface area contributed by atoms with Gasteiger partial charge in [-0.15, -0.1) is 0 Å². The predicted octanol–water partition coefficient (Wildman–Crippen LogP) is 1.75. The molecule has 1 fully saturated rings. The molecule has 1 unspecified atom stereocenters. The topological polar surface area (TPSA) is 64.8 Å². The first-order valence-corrected chi connectivity index (χ1v) is 6.51. The molecule has 1 saturated heterocycles. The minimum atomic E-state index is -0.460.